The lowest BCUT2D eigenvalue weighted by atomic mass is 10.2. The van der Waals surface area contributed by atoms with Crippen LogP contribution in [0.5, 0.6) is 0 Å². The fourth-order valence-electron chi connectivity index (χ4n) is 1.14. The highest BCUT2D eigenvalue weighted by Crippen LogP contribution is 2.31. The Morgan fingerprint density at radius 3 is 2.92 bits per heavy atom. The second-order valence-electron chi connectivity index (χ2n) is 2.58. The molecule has 0 atom stereocenters. The molecule has 0 N–H and O–H groups in total. The largest absolute Gasteiger partial charge is 0.297 e. The normalized spacial score (nSPS) is 10.6. The summed E-state index contributed by atoms with van der Waals surface area (Å²) in [5.41, 5.74) is 0. The maximum absolute atomic E-state index is 10.6. The van der Waals surface area contributed by atoms with Crippen molar-refractivity contribution in [1.29, 1.82) is 0 Å². The first kappa shape index (κ1) is 9.48. The van der Waals surface area contributed by atoms with E-state index in [1.165, 1.54) is 11.3 Å². The van der Waals surface area contributed by atoms with Crippen LogP contribution in [0.15, 0.2) is 23.1 Å². The first-order chi connectivity index (χ1) is 6.22. The SMILES string of the molecule is O=Cc1cc2c(I)c(S)ccc2s1. The van der Waals surface area contributed by atoms with Gasteiger partial charge in [0.2, 0.25) is 0 Å². The van der Waals surface area contributed by atoms with Crippen LogP contribution in [0.3, 0.4) is 0 Å². The van der Waals surface area contributed by atoms with Crippen LogP contribution in [0.4, 0.5) is 0 Å². The van der Waals surface area contributed by atoms with Gasteiger partial charge >= 0.3 is 0 Å². The Morgan fingerprint density at radius 1 is 1.46 bits per heavy atom. The molecule has 0 unspecified atom stereocenters. The quantitative estimate of drug-likeness (QED) is 0.483. The van der Waals surface area contributed by atoms with Gasteiger partial charge in [-0.15, -0.1) is 24.0 Å². The van der Waals surface area contributed by atoms with Gasteiger partial charge < -0.3 is 0 Å². The predicted molar refractivity (Wildman–Crippen MR) is 67.2 cm³/mol. The minimum absolute atomic E-state index is 0.770. The summed E-state index contributed by atoms with van der Waals surface area (Å²) in [5, 5.41) is 1.13. The molecule has 1 heterocycles. The van der Waals surface area contributed by atoms with Gasteiger partial charge in [-0.3, -0.25) is 4.79 Å². The topological polar surface area (TPSA) is 17.1 Å². The predicted octanol–water partition coefficient (Wildman–Crippen LogP) is 3.61. The molecule has 1 aromatic heterocycles. The molecule has 2 aromatic rings. The lowest BCUT2D eigenvalue weighted by molar-refractivity contribution is 0.112. The van der Waals surface area contributed by atoms with Gasteiger partial charge in [0.15, 0.2) is 6.29 Å². The summed E-state index contributed by atoms with van der Waals surface area (Å²) in [6, 6.07) is 5.87. The molecule has 1 nitrogen and oxygen atoms in total. The first-order valence-electron chi connectivity index (χ1n) is 3.58. The molecule has 0 saturated heterocycles. The van der Waals surface area contributed by atoms with Crippen molar-refractivity contribution in [2.24, 2.45) is 0 Å². The fraction of sp³-hybridized carbons (Fsp3) is 0. The van der Waals surface area contributed by atoms with Crippen LogP contribution < -0.4 is 0 Å². The van der Waals surface area contributed by atoms with Crippen molar-refractivity contribution in [1.82, 2.24) is 0 Å². The van der Waals surface area contributed by atoms with Crippen LogP contribution in [-0.2, 0) is 0 Å². The number of hydrogen-bond acceptors (Lipinski definition) is 3. The Morgan fingerprint density at radius 2 is 2.23 bits per heavy atom. The number of carbonyl (C=O) groups is 1. The monoisotopic (exact) mass is 320 g/mol. The Kier molecular flexibility index (Phi) is 2.62. The summed E-state index contributed by atoms with van der Waals surface area (Å²) in [6.07, 6.45) is 0.888. The zero-order valence-electron chi connectivity index (χ0n) is 6.45. The molecule has 0 bridgehead atoms. The summed E-state index contributed by atoms with van der Waals surface area (Å²) in [7, 11) is 0. The number of benzene rings is 1. The van der Waals surface area contributed by atoms with Gasteiger partial charge in [0.25, 0.3) is 0 Å². The van der Waals surface area contributed by atoms with E-state index in [2.05, 4.69) is 35.2 Å². The molecule has 0 amide bonds. The van der Waals surface area contributed by atoms with Crippen LogP contribution in [-0.4, -0.2) is 6.29 Å². The van der Waals surface area contributed by atoms with Gasteiger partial charge in [-0.1, -0.05) is 0 Å². The van der Waals surface area contributed by atoms with Crippen molar-refractivity contribution in [3.63, 3.8) is 0 Å². The van der Waals surface area contributed by atoms with E-state index >= 15 is 0 Å². The summed E-state index contributed by atoms with van der Waals surface area (Å²) < 4.78 is 2.26. The lowest BCUT2D eigenvalue weighted by Gasteiger charge is -1.96. The standard InChI is InChI=1S/C9H5IOS2/c10-9-6-3-5(4-11)13-8(6)2-1-7(9)12/h1-4,12H. The number of rotatable bonds is 1. The van der Waals surface area contributed by atoms with Crippen LogP contribution in [0, 0.1) is 3.57 Å². The van der Waals surface area contributed by atoms with E-state index in [9.17, 15) is 4.79 Å². The van der Waals surface area contributed by atoms with Crippen LogP contribution in [0.25, 0.3) is 10.1 Å². The second-order valence-corrected chi connectivity index (χ2v) is 5.25. The third-order valence-corrected chi connectivity index (χ3v) is 4.74. The summed E-state index contributed by atoms with van der Waals surface area (Å²) in [5.74, 6) is 0. The van der Waals surface area contributed by atoms with Gasteiger partial charge in [-0.05, 0) is 40.8 Å². The van der Waals surface area contributed by atoms with E-state index in [1.807, 2.05) is 18.2 Å². The van der Waals surface area contributed by atoms with E-state index < -0.39 is 0 Å². The Labute approximate surface area is 98.7 Å². The highest BCUT2D eigenvalue weighted by Gasteiger charge is 2.06. The van der Waals surface area contributed by atoms with E-state index in [1.54, 1.807) is 0 Å². The van der Waals surface area contributed by atoms with Crippen molar-refractivity contribution in [2.75, 3.05) is 0 Å². The van der Waals surface area contributed by atoms with Crippen molar-refractivity contribution in [3.05, 3.63) is 26.6 Å². The number of hydrogen-bond donors (Lipinski definition) is 1. The second kappa shape index (κ2) is 3.59. The van der Waals surface area contributed by atoms with Crippen molar-refractivity contribution in [2.45, 2.75) is 4.90 Å². The molecule has 0 aliphatic heterocycles. The Hall–Kier alpha value is -0.0700. The number of fused-ring (bicyclic) bond motifs is 1. The van der Waals surface area contributed by atoms with E-state index in [0.717, 1.165) is 29.7 Å². The lowest BCUT2D eigenvalue weighted by Crippen LogP contribution is -1.74. The average molecular weight is 320 g/mol. The number of thiol groups is 1. The molecule has 0 fully saturated rings. The molecule has 4 heteroatoms. The first-order valence-corrected chi connectivity index (χ1v) is 5.93. The molecule has 2 rings (SSSR count). The van der Waals surface area contributed by atoms with Crippen molar-refractivity contribution >= 4 is 62.9 Å². The molecular formula is C9H5IOS2. The fourth-order valence-corrected chi connectivity index (χ4v) is 3.03. The number of halogens is 1. The van der Waals surface area contributed by atoms with Gasteiger partial charge in [0.05, 0.1) is 4.88 Å². The minimum Gasteiger partial charge on any atom is -0.297 e. The van der Waals surface area contributed by atoms with E-state index in [-0.39, 0.29) is 0 Å². The zero-order valence-corrected chi connectivity index (χ0v) is 10.3. The van der Waals surface area contributed by atoms with Gasteiger partial charge in [-0.2, -0.15) is 0 Å². The number of aldehydes is 1. The highest BCUT2D eigenvalue weighted by molar-refractivity contribution is 14.1. The Balaban J connectivity index is 2.83. The minimum atomic E-state index is 0.770. The molecule has 13 heavy (non-hydrogen) atoms. The molecule has 0 saturated carbocycles. The maximum Gasteiger partial charge on any atom is 0.160 e. The number of thiophene rings is 1. The van der Waals surface area contributed by atoms with Gasteiger partial charge in [0.1, 0.15) is 0 Å². The Bertz CT molecular complexity index is 476. The smallest absolute Gasteiger partial charge is 0.160 e. The average Bonchev–Trinajstić information content (AvgIpc) is 2.55. The third kappa shape index (κ3) is 1.62. The zero-order chi connectivity index (χ0) is 9.42. The number of carbonyl (C=O) groups excluding carboxylic acids is 1. The molecule has 0 aliphatic rings. The summed E-state index contributed by atoms with van der Waals surface area (Å²) in [6.45, 7) is 0. The third-order valence-electron chi connectivity index (χ3n) is 1.75. The van der Waals surface area contributed by atoms with Crippen LogP contribution in [0.1, 0.15) is 9.67 Å². The van der Waals surface area contributed by atoms with Crippen molar-refractivity contribution in [3.8, 4) is 0 Å². The summed E-state index contributed by atoms with van der Waals surface area (Å²) >= 11 is 8.08. The van der Waals surface area contributed by atoms with E-state index in [0.29, 0.717) is 0 Å². The maximum atomic E-state index is 10.6. The van der Waals surface area contributed by atoms with Gasteiger partial charge in [0, 0.05) is 18.6 Å². The van der Waals surface area contributed by atoms with E-state index in [4.69, 9.17) is 0 Å². The molecule has 0 aliphatic carbocycles. The van der Waals surface area contributed by atoms with Crippen LogP contribution >= 0.6 is 46.6 Å². The molecule has 66 valence electrons. The molecule has 1 aromatic carbocycles. The molecular weight excluding hydrogens is 315 g/mol. The van der Waals surface area contributed by atoms with Gasteiger partial charge in [-0.25, -0.2) is 0 Å². The summed E-state index contributed by atoms with van der Waals surface area (Å²) in [4.78, 5) is 12.3. The van der Waals surface area contributed by atoms with Crippen LogP contribution in [0.2, 0.25) is 0 Å². The van der Waals surface area contributed by atoms with Crippen molar-refractivity contribution < 1.29 is 4.79 Å². The highest BCUT2D eigenvalue weighted by atomic mass is 127. The molecule has 0 radical (unpaired) electrons. The molecule has 0 spiro atoms.